The van der Waals surface area contributed by atoms with Gasteiger partial charge in [-0.1, -0.05) is 56.3 Å². The van der Waals surface area contributed by atoms with Crippen LogP contribution in [0.4, 0.5) is 5.69 Å². The van der Waals surface area contributed by atoms with Crippen LogP contribution in [-0.2, 0) is 19.1 Å². The van der Waals surface area contributed by atoms with Gasteiger partial charge in [-0.25, -0.2) is 0 Å². The van der Waals surface area contributed by atoms with E-state index in [1.54, 1.807) is 37.3 Å². The Bertz CT molecular complexity index is 1320. The molecule has 2 aromatic rings. The smallest absolute Gasteiger partial charge is 0.326 e. The van der Waals surface area contributed by atoms with Gasteiger partial charge in [-0.15, -0.1) is 0 Å². The zero-order valence-corrected chi connectivity index (χ0v) is 25.9. The van der Waals surface area contributed by atoms with E-state index >= 15 is 0 Å². The first-order valence-electron chi connectivity index (χ1n) is 15.4. The van der Waals surface area contributed by atoms with Gasteiger partial charge in [0.2, 0.25) is 11.8 Å². The normalized spacial score (nSPS) is 20.0. The summed E-state index contributed by atoms with van der Waals surface area (Å²) in [6, 6.07) is 15.9. The zero-order valence-electron chi connectivity index (χ0n) is 25.9. The summed E-state index contributed by atoms with van der Waals surface area (Å²) in [5, 5.41) is 6.17. The predicted molar refractivity (Wildman–Crippen MR) is 168 cm³/mol. The number of carbonyl (C=O) groups excluding carboxylic acids is 4. The highest BCUT2D eigenvalue weighted by Crippen LogP contribution is 2.36. The molecule has 236 valence electrons. The van der Waals surface area contributed by atoms with Crippen molar-refractivity contribution in [2.45, 2.75) is 46.1 Å². The third kappa shape index (κ3) is 8.47. The number of allylic oxidation sites excluding steroid dienone is 1. The summed E-state index contributed by atoms with van der Waals surface area (Å²) in [5.41, 5.74) is 0.420. The number of piperidine rings is 1. The molecule has 4 rings (SSSR count). The van der Waals surface area contributed by atoms with Gasteiger partial charge in [0.25, 0.3) is 5.91 Å². The molecule has 10 heteroatoms. The van der Waals surface area contributed by atoms with Crippen molar-refractivity contribution < 1.29 is 28.7 Å². The maximum Gasteiger partial charge on any atom is 0.326 e. The topological polar surface area (TPSA) is 117 Å². The summed E-state index contributed by atoms with van der Waals surface area (Å²) < 4.78 is 11.2. The van der Waals surface area contributed by atoms with Crippen molar-refractivity contribution in [3.05, 3.63) is 72.3 Å². The molecule has 0 bridgehead atoms. The van der Waals surface area contributed by atoms with Gasteiger partial charge >= 0.3 is 5.97 Å². The summed E-state index contributed by atoms with van der Waals surface area (Å²) in [7, 11) is 0. The van der Waals surface area contributed by atoms with Crippen LogP contribution in [0.25, 0.3) is 0 Å². The van der Waals surface area contributed by atoms with E-state index in [9.17, 15) is 19.2 Å². The Morgan fingerprint density at radius 3 is 2.45 bits per heavy atom. The Morgan fingerprint density at radius 1 is 1.05 bits per heavy atom. The number of ether oxygens (including phenoxy) is 2. The fourth-order valence-electron chi connectivity index (χ4n) is 5.53. The third-order valence-corrected chi connectivity index (χ3v) is 8.34. The molecule has 2 aliphatic rings. The van der Waals surface area contributed by atoms with E-state index in [-0.39, 0.29) is 56.0 Å². The zero-order chi connectivity index (χ0) is 31.5. The largest absolute Gasteiger partial charge is 0.491 e. The molecule has 1 saturated heterocycles. The quantitative estimate of drug-likeness (QED) is 0.367. The summed E-state index contributed by atoms with van der Waals surface area (Å²) in [5.74, 6) is -0.337. The lowest BCUT2D eigenvalue weighted by atomic mass is 9.74. The Hall–Kier alpha value is -4.18. The Morgan fingerprint density at radius 2 is 1.75 bits per heavy atom. The van der Waals surface area contributed by atoms with Crippen molar-refractivity contribution in [2.75, 3.05) is 50.8 Å². The second kappa shape index (κ2) is 15.5. The first kappa shape index (κ1) is 32.7. The highest BCUT2D eigenvalue weighted by molar-refractivity contribution is 5.99. The van der Waals surface area contributed by atoms with Gasteiger partial charge in [-0.05, 0) is 69.5 Å². The van der Waals surface area contributed by atoms with E-state index in [1.165, 1.54) is 4.90 Å². The molecule has 1 spiro atoms. The monoisotopic (exact) mass is 604 g/mol. The number of nitrogens with zero attached hydrogens (tertiary/aromatic N) is 2. The van der Waals surface area contributed by atoms with Crippen LogP contribution in [0.5, 0.6) is 5.75 Å². The highest BCUT2D eigenvalue weighted by atomic mass is 16.5. The molecule has 2 aliphatic heterocycles. The maximum atomic E-state index is 14.0. The van der Waals surface area contributed by atoms with Gasteiger partial charge in [0.1, 0.15) is 18.9 Å². The molecular weight excluding hydrogens is 560 g/mol. The SMILES string of the molecule is CCOC(=O)CN(C(=O)CN1CCC2(C/C=C/CNC(=O)c3ccccc3OC[C@@H](C(C)C)NC2=O)CC1)c1ccccc1. The number of rotatable bonds is 7. The molecule has 44 heavy (non-hydrogen) atoms. The molecule has 2 heterocycles. The first-order chi connectivity index (χ1) is 21.2. The van der Waals surface area contributed by atoms with Crippen LogP contribution in [0.15, 0.2) is 66.7 Å². The second-order valence-electron chi connectivity index (χ2n) is 11.7. The Labute approximate surface area is 259 Å². The standard InChI is InChI=1S/C34H44N4O6/c1-4-43-31(40)23-38(26-12-6-5-7-13-26)30(39)22-37-20-17-34(18-21-37)16-10-11-19-35-32(41)27-14-8-9-15-29(27)44-24-28(25(2)3)36-33(34)42/h5-15,25,28H,4,16-24H2,1-3H3,(H,35,41)(H,36,42)/b11-10+/t28-/m0/s1. The van der Waals surface area contributed by atoms with Crippen LogP contribution in [-0.4, -0.2) is 80.6 Å². The molecule has 0 radical (unpaired) electrons. The number of carbonyl (C=O) groups is 4. The summed E-state index contributed by atoms with van der Waals surface area (Å²) >= 11 is 0. The van der Waals surface area contributed by atoms with Crippen molar-refractivity contribution in [3.63, 3.8) is 0 Å². The fourth-order valence-corrected chi connectivity index (χ4v) is 5.53. The number of esters is 1. The van der Waals surface area contributed by atoms with E-state index in [1.807, 2.05) is 55.2 Å². The van der Waals surface area contributed by atoms with Gasteiger partial charge < -0.3 is 25.0 Å². The van der Waals surface area contributed by atoms with E-state index in [0.29, 0.717) is 55.9 Å². The molecule has 0 aromatic heterocycles. The summed E-state index contributed by atoms with van der Waals surface area (Å²) in [6.07, 6.45) is 5.47. The molecule has 1 atom stereocenters. The Kier molecular flexibility index (Phi) is 11.5. The number of anilines is 1. The maximum absolute atomic E-state index is 14.0. The number of likely N-dealkylation sites (tertiary alicyclic amines) is 1. The van der Waals surface area contributed by atoms with E-state index in [2.05, 4.69) is 10.6 Å². The fraction of sp³-hybridized carbons (Fsp3) is 0.471. The second-order valence-corrected chi connectivity index (χ2v) is 11.7. The minimum atomic E-state index is -0.667. The average molecular weight is 605 g/mol. The van der Waals surface area contributed by atoms with Gasteiger partial charge in [-0.2, -0.15) is 0 Å². The van der Waals surface area contributed by atoms with Crippen molar-refractivity contribution in [2.24, 2.45) is 11.3 Å². The molecular formula is C34H44N4O6. The van der Waals surface area contributed by atoms with E-state index in [4.69, 9.17) is 9.47 Å². The van der Waals surface area contributed by atoms with Gasteiger partial charge in [0.15, 0.2) is 0 Å². The van der Waals surface area contributed by atoms with Gasteiger partial charge in [0, 0.05) is 12.2 Å². The molecule has 2 aromatic carbocycles. The third-order valence-electron chi connectivity index (χ3n) is 8.34. The molecule has 0 saturated carbocycles. The van der Waals surface area contributed by atoms with E-state index in [0.717, 1.165) is 0 Å². The molecule has 1 fully saturated rings. The van der Waals surface area contributed by atoms with Crippen LogP contribution in [0.3, 0.4) is 0 Å². The molecule has 0 unspecified atom stereocenters. The van der Waals surface area contributed by atoms with Crippen LogP contribution in [0.2, 0.25) is 0 Å². The van der Waals surface area contributed by atoms with Crippen LogP contribution in [0.1, 0.15) is 50.4 Å². The van der Waals surface area contributed by atoms with Crippen molar-refractivity contribution >= 4 is 29.4 Å². The predicted octanol–water partition coefficient (Wildman–Crippen LogP) is 3.57. The average Bonchev–Trinajstić information content (AvgIpc) is 3.02. The highest BCUT2D eigenvalue weighted by Gasteiger charge is 2.42. The number of benzene rings is 2. The van der Waals surface area contributed by atoms with Crippen molar-refractivity contribution in [1.29, 1.82) is 0 Å². The molecule has 3 amide bonds. The van der Waals surface area contributed by atoms with Crippen LogP contribution >= 0.6 is 0 Å². The number of fused-ring (bicyclic) bond motifs is 1. The van der Waals surface area contributed by atoms with Crippen LogP contribution in [0, 0.1) is 11.3 Å². The number of nitrogens with one attached hydrogen (secondary N) is 2. The number of para-hydroxylation sites is 2. The van der Waals surface area contributed by atoms with Gasteiger partial charge in [-0.3, -0.25) is 24.1 Å². The van der Waals surface area contributed by atoms with Crippen molar-refractivity contribution in [3.8, 4) is 5.75 Å². The first-order valence-corrected chi connectivity index (χ1v) is 15.4. The van der Waals surface area contributed by atoms with Crippen LogP contribution < -0.4 is 20.3 Å². The molecule has 10 nitrogen and oxygen atoms in total. The molecule has 0 aliphatic carbocycles. The van der Waals surface area contributed by atoms with Crippen molar-refractivity contribution in [1.82, 2.24) is 15.5 Å². The lowest BCUT2D eigenvalue weighted by molar-refractivity contribution is -0.142. The number of hydrogen-bond donors (Lipinski definition) is 2. The lowest BCUT2D eigenvalue weighted by Crippen LogP contribution is -2.54. The van der Waals surface area contributed by atoms with Gasteiger partial charge in [0.05, 0.1) is 30.2 Å². The minimum absolute atomic E-state index is 0.0296. The number of amides is 3. The minimum Gasteiger partial charge on any atom is -0.491 e. The molecule has 2 N–H and O–H groups in total. The number of hydrogen-bond acceptors (Lipinski definition) is 7. The summed E-state index contributed by atoms with van der Waals surface area (Å²) in [4.78, 5) is 56.1. The van der Waals surface area contributed by atoms with E-state index < -0.39 is 11.4 Å². The lowest BCUT2D eigenvalue weighted by Gasteiger charge is -2.41. The Balaban J connectivity index is 1.47. The summed E-state index contributed by atoms with van der Waals surface area (Å²) in [6.45, 7) is 7.65.